The first kappa shape index (κ1) is 10.3. The van der Waals surface area contributed by atoms with Gasteiger partial charge in [0.25, 0.3) is 0 Å². The molecule has 2 heteroatoms. The van der Waals surface area contributed by atoms with Crippen molar-refractivity contribution in [2.45, 2.75) is 26.2 Å². The van der Waals surface area contributed by atoms with Crippen LogP contribution in [0.2, 0.25) is 0 Å². The van der Waals surface area contributed by atoms with Crippen LogP contribution in [0.25, 0.3) is 0 Å². The highest BCUT2D eigenvalue weighted by atomic mass is 32.1. The zero-order valence-corrected chi connectivity index (χ0v) is 7.95. The van der Waals surface area contributed by atoms with Gasteiger partial charge in [-0.15, -0.1) is 0 Å². The van der Waals surface area contributed by atoms with E-state index in [1.165, 1.54) is 32.4 Å². The lowest BCUT2D eigenvalue weighted by Crippen LogP contribution is -2.27. The van der Waals surface area contributed by atoms with Gasteiger partial charge < -0.3 is 5.32 Å². The van der Waals surface area contributed by atoms with Gasteiger partial charge in [-0.3, -0.25) is 0 Å². The predicted molar refractivity (Wildman–Crippen MR) is 50.8 cm³/mol. The van der Waals surface area contributed by atoms with E-state index in [2.05, 4.69) is 24.9 Å². The molecule has 1 rings (SSSR count). The third-order valence-corrected chi connectivity index (χ3v) is 2.04. The molecule has 0 bridgehead atoms. The normalized spacial score (nSPS) is 19.5. The van der Waals surface area contributed by atoms with Crippen LogP contribution in [0.4, 0.5) is 0 Å². The standard InChI is InChI=1S/C7H15N.CH4S/c1-2-7-3-5-8-6-4-7;1-2/h7-8H,2-6H2,1H3;2H,1H3. The molecule has 0 spiro atoms. The second-order valence-electron chi connectivity index (χ2n) is 2.60. The molecule has 1 saturated heterocycles. The van der Waals surface area contributed by atoms with Gasteiger partial charge in [-0.05, 0) is 38.1 Å². The number of thiol groups is 1. The molecular weight excluding hydrogens is 142 g/mol. The van der Waals surface area contributed by atoms with E-state index in [-0.39, 0.29) is 0 Å². The minimum atomic E-state index is 1.02. The molecule has 0 atom stereocenters. The number of hydrogen-bond acceptors (Lipinski definition) is 2. The molecule has 0 unspecified atom stereocenters. The van der Waals surface area contributed by atoms with Gasteiger partial charge in [0.2, 0.25) is 0 Å². The Balaban J connectivity index is 0.000000371. The lowest BCUT2D eigenvalue weighted by atomic mass is 9.96. The van der Waals surface area contributed by atoms with Crippen molar-refractivity contribution in [2.24, 2.45) is 5.92 Å². The SMILES string of the molecule is CCC1CCNCC1.CS. The van der Waals surface area contributed by atoms with Crippen molar-refractivity contribution in [3.8, 4) is 0 Å². The molecule has 1 aliphatic heterocycles. The summed E-state index contributed by atoms with van der Waals surface area (Å²) in [5, 5.41) is 3.35. The molecule has 0 aromatic rings. The Labute approximate surface area is 70.0 Å². The maximum absolute atomic E-state index is 3.53. The molecule has 0 aliphatic carbocycles. The summed E-state index contributed by atoms with van der Waals surface area (Å²) in [6.07, 6.45) is 5.87. The molecule has 0 saturated carbocycles. The van der Waals surface area contributed by atoms with Gasteiger partial charge in [0, 0.05) is 0 Å². The molecule has 0 aromatic carbocycles. The van der Waals surface area contributed by atoms with Gasteiger partial charge in [-0.2, -0.15) is 12.6 Å². The molecule has 0 aromatic heterocycles. The van der Waals surface area contributed by atoms with Gasteiger partial charge in [-0.1, -0.05) is 13.3 Å². The van der Waals surface area contributed by atoms with Gasteiger partial charge in [0.15, 0.2) is 0 Å². The highest BCUT2D eigenvalue weighted by molar-refractivity contribution is 7.79. The quantitative estimate of drug-likeness (QED) is 0.560. The predicted octanol–water partition coefficient (Wildman–Crippen LogP) is 1.94. The Kier molecular flexibility index (Phi) is 7.65. The van der Waals surface area contributed by atoms with Gasteiger partial charge in [0.1, 0.15) is 0 Å². The van der Waals surface area contributed by atoms with Crippen LogP contribution in [0.1, 0.15) is 26.2 Å². The van der Waals surface area contributed by atoms with E-state index in [0.29, 0.717) is 0 Å². The van der Waals surface area contributed by atoms with Crippen molar-refractivity contribution in [1.82, 2.24) is 5.32 Å². The van der Waals surface area contributed by atoms with Gasteiger partial charge >= 0.3 is 0 Å². The average molecular weight is 161 g/mol. The van der Waals surface area contributed by atoms with Crippen LogP contribution in [0.15, 0.2) is 0 Å². The Bertz CT molecular complexity index is 60.3. The molecular formula is C8H19NS. The van der Waals surface area contributed by atoms with E-state index in [9.17, 15) is 0 Å². The molecule has 62 valence electrons. The Hall–Kier alpha value is 0.310. The molecule has 1 aliphatic rings. The minimum absolute atomic E-state index is 1.02. The molecule has 1 fully saturated rings. The summed E-state index contributed by atoms with van der Waals surface area (Å²) < 4.78 is 0. The lowest BCUT2D eigenvalue weighted by Gasteiger charge is -2.20. The Morgan fingerprint density at radius 3 is 2.10 bits per heavy atom. The number of piperidine rings is 1. The molecule has 1 N–H and O–H groups in total. The van der Waals surface area contributed by atoms with Gasteiger partial charge in [-0.25, -0.2) is 0 Å². The summed E-state index contributed by atoms with van der Waals surface area (Å²) in [5.41, 5.74) is 0. The fourth-order valence-corrected chi connectivity index (χ4v) is 1.29. The van der Waals surface area contributed by atoms with Crippen LogP contribution >= 0.6 is 12.6 Å². The first-order valence-corrected chi connectivity index (χ1v) is 4.98. The van der Waals surface area contributed by atoms with E-state index in [0.717, 1.165) is 5.92 Å². The third-order valence-electron chi connectivity index (χ3n) is 2.04. The summed E-state index contributed by atoms with van der Waals surface area (Å²) >= 11 is 3.53. The number of rotatable bonds is 1. The van der Waals surface area contributed by atoms with Crippen molar-refractivity contribution in [3.05, 3.63) is 0 Å². The van der Waals surface area contributed by atoms with Crippen molar-refractivity contribution >= 4 is 12.6 Å². The summed E-state index contributed by atoms with van der Waals surface area (Å²) in [6, 6.07) is 0. The fourth-order valence-electron chi connectivity index (χ4n) is 1.29. The first-order chi connectivity index (χ1) is 4.93. The molecule has 1 nitrogen and oxygen atoms in total. The average Bonchev–Trinajstić information content (AvgIpc) is 2.10. The maximum atomic E-state index is 3.53. The van der Waals surface area contributed by atoms with E-state index in [1.807, 2.05) is 0 Å². The van der Waals surface area contributed by atoms with Crippen molar-refractivity contribution in [2.75, 3.05) is 19.3 Å². The van der Waals surface area contributed by atoms with E-state index in [4.69, 9.17) is 0 Å². The van der Waals surface area contributed by atoms with E-state index >= 15 is 0 Å². The highest BCUT2D eigenvalue weighted by Gasteiger charge is 2.08. The van der Waals surface area contributed by atoms with Crippen LogP contribution < -0.4 is 5.32 Å². The highest BCUT2D eigenvalue weighted by Crippen LogP contribution is 2.13. The molecule has 10 heavy (non-hydrogen) atoms. The Morgan fingerprint density at radius 1 is 1.30 bits per heavy atom. The smallest absolute Gasteiger partial charge is 0.00463 e. The minimum Gasteiger partial charge on any atom is -0.317 e. The zero-order valence-electron chi connectivity index (χ0n) is 7.06. The Morgan fingerprint density at radius 2 is 1.80 bits per heavy atom. The van der Waals surface area contributed by atoms with E-state index < -0.39 is 0 Å². The second-order valence-corrected chi connectivity index (χ2v) is 2.60. The zero-order chi connectivity index (χ0) is 7.82. The molecule has 0 amide bonds. The monoisotopic (exact) mass is 161 g/mol. The van der Waals surface area contributed by atoms with Crippen LogP contribution in [0.3, 0.4) is 0 Å². The van der Waals surface area contributed by atoms with Crippen LogP contribution in [-0.2, 0) is 0 Å². The molecule has 1 heterocycles. The largest absolute Gasteiger partial charge is 0.317 e. The van der Waals surface area contributed by atoms with Crippen LogP contribution in [0, 0.1) is 5.92 Å². The van der Waals surface area contributed by atoms with Crippen LogP contribution in [0.5, 0.6) is 0 Å². The number of nitrogens with one attached hydrogen (secondary N) is 1. The summed E-state index contributed by atoms with van der Waals surface area (Å²) in [7, 11) is 0. The summed E-state index contributed by atoms with van der Waals surface area (Å²) in [5.74, 6) is 1.02. The van der Waals surface area contributed by atoms with E-state index in [1.54, 1.807) is 6.26 Å². The lowest BCUT2D eigenvalue weighted by molar-refractivity contribution is 0.365. The number of hydrogen-bond donors (Lipinski definition) is 2. The van der Waals surface area contributed by atoms with Crippen molar-refractivity contribution in [1.29, 1.82) is 0 Å². The fraction of sp³-hybridized carbons (Fsp3) is 1.00. The first-order valence-electron chi connectivity index (χ1n) is 4.09. The summed E-state index contributed by atoms with van der Waals surface area (Å²) in [6.45, 7) is 4.78. The maximum Gasteiger partial charge on any atom is -0.00463 e. The molecule has 0 radical (unpaired) electrons. The summed E-state index contributed by atoms with van der Waals surface area (Å²) in [4.78, 5) is 0. The second kappa shape index (κ2) is 7.42. The van der Waals surface area contributed by atoms with Crippen molar-refractivity contribution in [3.63, 3.8) is 0 Å². The van der Waals surface area contributed by atoms with Crippen LogP contribution in [-0.4, -0.2) is 19.3 Å². The van der Waals surface area contributed by atoms with Crippen molar-refractivity contribution < 1.29 is 0 Å². The van der Waals surface area contributed by atoms with Gasteiger partial charge in [0.05, 0.1) is 0 Å². The third kappa shape index (κ3) is 4.18. The topological polar surface area (TPSA) is 12.0 Å².